The van der Waals surface area contributed by atoms with Crippen LogP contribution in [0.1, 0.15) is 28.9 Å². The van der Waals surface area contributed by atoms with Crippen LogP contribution in [0, 0.1) is 0 Å². The number of amides is 1. The molecule has 37 heavy (non-hydrogen) atoms. The number of rotatable bonds is 6. The van der Waals surface area contributed by atoms with Crippen LogP contribution in [0.5, 0.6) is 5.75 Å². The molecule has 0 radical (unpaired) electrons. The van der Waals surface area contributed by atoms with Crippen molar-refractivity contribution in [2.45, 2.75) is 25.4 Å². The second kappa shape index (κ2) is 10.1. The van der Waals surface area contributed by atoms with E-state index in [0.29, 0.717) is 5.69 Å². The van der Waals surface area contributed by atoms with E-state index in [0.717, 1.165) is 71.3 Å². The van der Waals surface area contributed by atoms with Gasteiger partial charge in [0.05, 0.1) is 18.3 Å². The molecule has 1 saturated heterocycles. The van der Waals surface area contributed by atoms with Gasteiger partial charge in [0, 0.05) is 47.5 Å². The molecule has 3 aromatic carbocycles. The second-order valence-electron chi connectivity index (χ2n) is 9.69. The van der Waals surface area contributed by atoms with Crippen LogP contribution in [-0.2, 0) is 6.54 Å². The van der Waals surface area contributed by atoms with Gasteiger partial charge < -0.3 is 15.0 Å². The van der Waals surface area contributed by atoms with Crippen molar-refractivity contribution >= 4 is 27.7 Å². The lowest BCUT2D eigenvalue weighted by Crippen LogP contribution is -2.44. The van der Waals surface area contributed by atoms with Crippen molar-refractivity contribution in [3.8, 4) is 17.0 Å². The molecule has 3 heterocycles. The van der Waals surface area contributed by atoms with Crippen molar-refractivity contribution in [2.24, 2.45) is 0 Å². The summed E-state index contributed by atoms with van der Waals surface area (Å²) >= 11 is 0. The van der Waals surface area contributed by atoms with E-state index < -0.39 is 0 Å². The monoisotopic (exact) mass is 490 g/mol. The lowest BCUT2D eigenvalue weighted by atomic mass is 10.0. The minimum Gasteiger partial charge on any atom is -0.497 e. The Hall–Kier alpha value is -4.16. The first kappa shape index (κ1) is 23.3. The lowest BCUT2D eigenvalue weighted by Gasteiger charge is -2.32. The number of ether oxygens (including phenoxy) is 1. The minimum absolute atomic E-state index is 0.127. The van der Waals surface area contributed by atoms with Crippen LogP contribution >= 0.6 is 0 Å². The number of likely N-dealkylation sites (tertiary alicyclic amines) is 1. The highest BCUT2D eigenvalue weighted by molar-refractivity contribution is 6.13. The molecule has 6 rings (SSSR count). The van der Waals surface area contributed by atoms with Crippen molar-refractivity contribution in [1.29, 1.82) is 0 Å². The number of para-hydroxylation sites is 1. The smallest absolute Gasteiger partial charge is 0.270 e. The molecular weight excluding hydrogens is 460 g/mol. The Morgan fingerprint density at radius 1 is 0.973 bits per heavy atom. The predicted molar refractivity (Wildman–Crippen MR) is 148 cm³/mol. The number of fused-ring (bicyclic) bond motifs is 3. The summed E-state index contributed by atoms with van der Waals surface area (Å²) in [6.07, 6.45) is 1.85. The first-order valence-corrected chi connectivity index (χ1v) is 12.8. The van der Waals surface area contributed by atoms with Crippen LogP contribution in [0.25, 0.3) is 33.1 Å². The first-order valence-electron chi connectivity index (χ1n) is 12.8. The number of piperidine rings is 1. The predicted octanol–water partition coefficient (Wildman–Crippen LogP) is 5.79. The molecular formula is C31H30N4O2. The van der Waals surface area contributed by atoms with Crippen molar-refractivity contribution in [1.82, 2.24) is 20.2 Å². The zero-order valence-electron chi connectivity index (χ0n) is 20.9. The maximum absolute atomic E-state index is 13.5. The van der Waals surface area contributed by atoms with Crippen molar-refractivity contribution in [3.63, 3.8) is 0 Å². The maximum Gasteiger partial charge on any atom is 0.270 e. The number of aromatic amines is 1. The number of hydrogen-bond donors (Lipinski definition) is 2. The summed E-state index contributed by atoms with van der Waals surface area (Å²) in [4.78, 5) is 24.3. The first-order chi connectivity index (χ1) is 18.2. The molecule has 1 aliphatic rings. The van der Waals surface area contributed by atoms with E-state index >= 15 is 0 Å². The fourth-order valence-corrected chi connectivity index (χ4v) is 5.28. The largest absolute Gasteiger partial charge is 0.497 e. The zero-order valence-corrected chi connectivity index (χ0v) is 20.9. The van der Waals surface area contributed by atoms with Gasteiger partial charge in [0.2, 0.25) is 0 Å². The van der Waals surface area contributed by atoms with E-state index in [1.54, 1.807) is 7.11 Å². The number of methoxy groups -OCH3 is 1. The van der Waals surface area contributed by atoms with Gasteiger partial charge in [-0.2, -0.15) is 0 Å². The molecule has 0 saturated carbocycles. The Morgan fingerprint density at radius 3 is 2.57 bits per heavy atom. The molecule has 5 aromatic rings. The summed E-state index contributed by atoms with van der Waals surface area (Å²) in [6.45, 7) is 2.87. The number of nitrogens with zero attached hydrogens (tertiary/aromatic N) is 2. The van der Waals surface area contributed by atoms with Crippen LogP contribution in [0.2, 0.25) is 0 Å². The molecule has 2 aromatic heterocycles. The van der Waals surface area contributed by atoms with Crippen LogP contribution in [0.4, 0.5) is 0 Å². The van der Waals surface area contributed by atoms with Gasteiger partial charge in [-0.1, -0.05) is 60.7 Å². The molecule has 0 bridgehead atoms. The summed E-state index contributed by atoms with van der Waals surface area (Å²) < 4.78 is 5.45. The molecule has 1 fully saturated rings. The maximum atomic E-state index is 13.5. The number of carbonyl (C=O) groups excluding carboxylic acids is 1. The Labute approximate surface area is 216 Å². The number of aromatic nitrogens is 2. The van der Waals surface area contributed by atoms with Gasteiger partial charge in [0.1, 0.15) is 11.4 Å². The quantitative estimate of drug-likeness (QED) is 0.316. The van der Waals surface area contributed by atoms with Crippen molar-refractivity contribution < 1.29 is 9.53 Å². The molecule has 6 heteroatoms. The van der Waals surface area contributed by atoms with Crippen molar-refractivity contribution in [3.05, 3.63) is 96.2 Å². The van der Waals surface area contributed by atoms with E-state index in [4.69, 9.17) is 9.72 Å². The molecule has 1 aliphatic heterocycles. The summed E-state index contributed by atoms with van der Waals surface area (Å²) in [5.41, 5.74) is 5.34. The Morgan fingerprint density at radius 2 is 1.76 bits per heavy atom. The molecule has 0 aliphatic carbocycles. The molecule has 1 amide bonds. The normalized spacial score (nSPS) is 14.7. The van der Waals surface area contributed by atoms with Crippen LogP contribution in [0.3, 0.4) is 0 Å². The summed E-state index contributed by atoms with van der Waals surface area (Å²) in [6, 6.07) is 28.6. The van der Waals surface area contributed by atoms with Crippen LogP contribution < -0.4 is 10.1 Å². The minimum atomic E-state index is -0.127. The highest BCUT2D eigenvalue weighted by Crippen LogP contribution is 2.34. The number of hydrogen-bond acceptors (Lipinski definition) is 4. The zero-order chi connectivity index (χ0) is 25.2. The summed E-state index contributed by atoms with van der Waals surface area (Å²) in [5, 5.41) is 5.33. The summed E-state index contributed by atoms with van der Waals surface area (Å²) in [5.74, 6) is 0.624. The Bertz CT molecular complexity index is 1550. The Balaban J connectivity index is 1.26. The lowest BCUT2D eigenvalue weighted by molar-refractivity contribution is 0.0904. The number of H-pyrrole nitrogens is 1. The standard InChI is InChI=1S/C31H30N4O2/c1-37-24-11-7-10-22(18-24)29-30-26(25-12-5-6-13-27(25)33-30)19-28(34-29)31(36)32-23-14-16-35(17-15-23)20-21-8-3-2-4-9-21/h2-13,18-19,23,33H,14-17,20H2,1H3,(H,32,36). The van der Waals surface area contributed by atoms with Crippen molar-refractivity contribution in [2.75, 3.05) is 20.2 Å². The fraction of sp³-hybridized carbons (Fsp3) is 0.226. The number of nitrogens with one attached hydrogen (secondary N) is 2. The van der Waals surface area contributed by atoms with Gasteiger partial charge in [-0.3, -0.25) is 9.69 Å². The third-order valence-corrected chi connectivity index (χ3v) is 7.24. The number of pyridine rings is 1. The third-order valence-electron chi connectivity index (χ3n) is 7.24. The molecule has 6 nitrogen and oxygen atoms in total. The van der Waals surface area contributed by atoms with E-state index in [9.17, 15) is 4.79 Å². The highest BCUT2D eigenvalue weighted by Gasteiger charge is 2.23. The molecule has 0 spiro atoms. The molecule has 0 unspecified atom stereocenters. The second-order valence-corrected chi connectivity index (χ2v) is 9.69. The summed E-state index contributed by atoms with van der Waals surface area (Å²) in [7, 11) is 1.65. The van der Waals surface area contributed by atoms with Gasteiger partial charge in [-0.25, -0.2) is 4.98 Å². The van der Waals surface area contributed by atoms with Gasteiger partial charge >= 0.3 is 0 Å². The molecule has 0 atom stereocenters. The van der Waals surface area contributed by atoms with E-state index in [2.05, 4.69) is 45.5 Å². The van der Waals surface area contributed by atoms with Gasteiger partial charge in [0.15, 0.2) is 0 Å². The number of benzene rings is 3. The molecule has 186 valence electrons. The topological polar surface area (TPSA) is 70.2 Å². The van der Waals surface area contributed by atoms with Crippen LogP contribution in [0.15, 0.2) is 84.9 Å². The average molecular weight is 491 g/mol. The van der Waals surface area contributed by atoms with E-state index in [1.807, 2.05) is 54.6 Å². The number of carbonyl (C=O) groups is 1. The van der Waals surface area contributed by atoms with Gasteiger partial charge in [0.25, 0.3) is 5.91 Å². The Kier molecular flexibility index (Phi) is 6.33. The average Bonchev–Trinajstić information content (AvgIpc) is 3.33. The SMILES string of the molecule is COc1cccc(-c2nc(C(=O)NC3CCN(Cc4ccccc4)CC3)cc3c2[nH]c2ccccc23)c1. The van der Waals surface area contributed by atoms with E-state index in [-0.39, 0.29) is 11.9 Å². The van der Waals surface area contributed by atoms with Gasteiger partial charge in [-0.05, 0) is 42.7 Å². The van der Waals surface area contributed by atoms with E-state index in [1.165, 1.54) is 5.56 Å². The fourth-order valence-electron chi connectivity index (χ4n) is 5.28. The van der Waals surface area contributed by atoms with Gasteiger partial charge in [-0.15, -0.1) is 0 Å². The third kappa shape index (κ3) is 4.80. The molecule has 2 N–H and O–H groups in total. The highest BCUT2D eigenvalue weighted by atomic mass is 16.5. The van der Waals surface area contributed by atoms with Crippen LogP contribution in [-0.4, -0.2) is 47.0 Å².